The van der Waals surface area contributed by atoms with Gasteiger partial charge < -0.3 is 29.2 Å². The van der Waals surface area contributed by atoms with Crippen molar-refractivity contribution in [3.63, 3.8) is 0 Å². The fourth-order valence-corrected chi connectivity index (χ4v) is 2.65. The molecule has 0 atom stereocenters. The first-order valence-corrected chi connectivity index (χ1v) is 7.90. The van der Waals surface area contributed by atoms with Crippen LogP contribution in [0.1, 0.15) is 12.8 Å². The van der Waals surface area contributed by atoms with Crippen molar-refractivity contribution in [1.29, 1.82) is 0 Å². The first-order chi connectivity index (χ1) is 12.0. The maximum absolute atomic E-state index is 11.1. The lowest BCUT2D eigenvalue weighted by Gasteiger charge is -2.29. The lowest BCUT2D eigenvalue weighted by atomic mass is 10.1. The molecule has 0 radical (unpaired) electrons. The Morgan fingerprint density at radius 1 is 1.40 bits per heavy atom. The van der Waals surface area contributed by atoms with Gasteiger partial charge in [-0.05, 0) is 25.0 Å². The molecule has 1 aliphatic rings. The highest BCUT2D eigenvalue weighted by Crippen LogP contribution is 2.25. The van der Waals surface area contributed by atoms with Gasteiger partial charge in [0.2, 0.25) is 0 Å². The Labute approximate surface area is 143 Å². The second-order valence-electron chi connectivity index (χ2n) is 5.70. The number of esters is 1. The molecule has 1 aliphatic heterocycles. The Morgan fingerprint density at radius 2 is 2.16 bits per heavy atom. The minimum Gasteiger partial charge on any atom is -0.482 e. The predicted octanol–water partition coefficient (Wildman–Crippen LogP) is 1.93. The average Bonchev–Trinajstić information content (AvgIpc) is 3.01. The Bertz CT molecular complexity index is 766. The maximum atomic E-state index is 11.1. The number of amides is 1. The lowest BCUT2D eigenvalue weighted by Crippen LogP contribution is -2.41. The van der Waals surface area contributed by atoms with E-state index in [4.69, 9.17) is 14.3 Å². The summed E-state index contributed by atoms with van der Waals surface area (Å²) in [5.74, 6) is 0.0304. The molecule has 0 saturated carbocycles. The molecule has 2 aromatic rings. The molecule has 1 saturated heterocycles. The molecule has 1 amide bonds. The van der Waals surface area contributed by atoms with Crippen LogP contribution in [0.4, 0.5) is 10.8 Å². The number of oxazole rings is 1. The monoisotopic (exact) mass is 349 g/mol. The van der Waals surface area contributed by atoms with Gasteiger partial charge in [0.1, 0.15) is 11.3 Å². The van der Waals surface area contributed by atoms with E-state index in [1.165, 1.54) is 12.0 Å². The molecule has 0 unspecified atom stereocenters. The van der Waals surface area contributed by atoms with Gasteiger partial charge in [-0.15, -0.1) is 0 Å². The van der Waals surface area contributed by atoms with Gasteiger partial charge in [-0.1, -0.05) is 0 Å². The standard InChI is InChI=1S/C16H19N3O6/c1-23-14(20)9-24-11-2-3-13-12(8-11)18-15(25-13)17-10-4-6-19(7-5-10)16(21)22/h2-3,8,10H,4-7,9H2,1H3,(H,17,18)(H,21,22). The number of ether oxygens (including phenoxy) is 2. The van der Waals surface area contributed by atoms with E-state index in [9.17, 15) is 9.59 Å². The number of carbonyl (C=O) groups excluding carboxylic acids is 1. The van der Waals surface area contributed by atoms with E-state index in [0.717, 1.165) is 0 Å². The van der Waals surface area contributed by atoms with Gasteiger partial charge in [-0.3, -0.25) is 0 Å². The van der Waals surface area contributed by atoms with Crippen LogP contribution in [0.15, 0.2) is 22.6 Å². The number of piperidine rings is 1. The molecule has 134 valence electrons. The van der Waals surface area contributed by atoms with E-state index in [-0.39, 0.29) is 12.6 Å². The molecule has 3 rings (SSSR count). The van der Waals surface area contributed by atoms with Crippen molar-refractivity contribution in [3.8, 4) is 5.75 Å². The summed E-state index contributed by atoms with van der Waals surface area (Å²) in [6.45, 7) is 0.796. The van der Waals surface area contributed by atoms with Gasteiger partial charge in [0, 0.05) is 25.2 Å². The van der Waals surface area contributed by atoms with Crippen LogP contribution in [0.2, 0.25) is 0 Å². The minimum atomic E-state index is -0.889. The van der Waals surface area contributed by atoms with Crippen LogP contribution in [-0.2, 0) is 9.53 Å². The van der Waals surface area contributed by atoms with Gasteiger partial charge in [-0.25, -0.2) is 9.59 Å². The Kier molecular flexibility index (Phi) is 4.92. The number of aromatic nitrogens is 1. The summed E-state index contributed by atoms with van der Waals surface area (Å²) < 4.78 is 15.5. The maximum Gasteiger partial charge on any atom is 0.407 e. The number of carbonyl (C=O) groups is 2. The molecule has 1 fully saturated rings. The van der Waals surface area contributed by atoms with Crippen molar-refractivity contribution in [3.05, 3.63) is 18.2 Å². The first-order valence-electron chi connectivity index (χ1n) is 7.90. The number of hydrogen-bond donors (Lipinski definition) is 2. The minimum absolute atomic E-state index is 0.110. The molecular formula is C16H19N3O6. The summed E-state index contributed by atoms with van der Waals surface area (Å²) in [5, 5.41) is 12.2. The van der Waals surface area contributed by atoms with E-state index in [1.54, 1.807) is 18.2 Å². The number of carboxylic acid groups (broad SMARTS) is 1. The average molecular weight is 349 g/mol. The zero-order chi connectivity index (χ0) is 17.8. The second-order valence-corrected chi connectivity index (χ2v) is 5.70. The van der Waals surface area contributed by atoms with Gasteiger partial charge in [0.25, 0.3) is 6.01 Å². The molecule has 9 heteroatoms. The summed E-state index contributed by atoms with van der Waals surface area (Å²) in [6, 6.07) is 5.58. The zero-order valence-electron chi connectivity index (χ0n) is 13.7. The van der Waals surface area contributed by atoms with Crippen molar-refractivity contribution in [2.75, 3.05) is 32.1 Å². The van der Waals surface area contributed by atoms with Gasteiger partial charge >= 0.3 is 12.1 Å². The zero-order valence-corrected chi connectivity index (χ0v) is 13.7. The first kappa shape index (κ1) is 16.9. The molecule has 0 aliphatic carbocycles. The van der Waals surface area contributed by atoms with E-state index in [1.807, 2.05) is 0 Å². The topological polar surface area (TPSA) is 114 Å². The summed E-state index contributed by atoms with van der Waals surface area (Å²) in [4.78, 5) is 27.8. The van der Waals surface area contributed by atoms with Crippen LogP contribution >= 0.6 is 0 Å². The number of methoxy groups -OCH3 is 1. The number of likely N-dealkylation sites (tertiary alicyclic amines) is 1. The number of nitrogens with one attached hydrogen (secondary N) is 1. The fourth-order valence-electron chi connectivity index (χ4n) is 2.65. The highest BCUT2D eigenvalue weighted by molar-refractivity contribution is 5.76. The lowest BCUT2D eigenvalue weighted by molar-refractivity contribution is -0.142. The van der Waals surface area contributed by atoms with Crippen molar-refractivity contribution in [1.82, 2.24) is 9.88 Å². The van der Waals surface area contributed by atoms with Gasteiger partial charge in [0.15, 0.2) is 12.2 Å². The summed E-state index contributed by atoms with van der Waals surface area (Å²) in [7, 11) is 1.30. The van der Waals surface area contributed by atoms with Crippen LogP contribution in [0.5, 0.6) is 5.75 Å². The molecule has 25 heavy (non-hydrogen) atoms. The number of nitrogens with zero attached hydrogens (tertiary/aromatic N) is 2. The number of anilines is 1. The third-order valence-electron chi connectivity index (χ3n) is 4.04. The van der Waals surface area contributed by atoms with Crippen LogP contribution in [-0.4, -0.2) is 59.9 Å². The molecule has 9 nitrogen and oxygen atoms in total. The summed E-state index contributed by atoms with van der Waals surface area (Å²) in [6.07, 6.45) is 0.497. The molecule has 2 heterocycles. The Hall–Kier alpha value is -2.97. The molecule has 1 aromatic heterocycles. The van der Waals surface area contributed by atoms with E-state index in [2.05, 4.69) is 15.0 Å². The Morgan fingerprint density at radius 3 is 2.84 bits per heavy atom. The highest BCUT2D eigenvalue weighted by Gasteiger charge is 2.23. The fraction of sp³-hybridized carbons (Fsp3) is 0.438. The van der Waals surface area contributed by atoms with Crippen LogP contribution in [0, 0.1) is 0 Å². The highest BCUT2D eigenvalue weighted by atomic mass is 16.6. The molecule has 2 N–H and O–H groups in total. The Balaban J connectivity index is 1.61. The van der Waals surface area contributed by atoms with E-state index < -0.39 is 12.1 Å². The van der Waals surface area contributed by atoms with Crippen LogP contribution < -0.4 is 10.1 Å². The largest absolute Gasteiger partial charge is 0.482 e. The SMILES string of the molecule is COC(=O)COc1ccc2oc(NC3CCN(C(=O)O)CC3)nc2c1. The van der Waals surface area contributed by atoms with Crippen molar-refractivity contribution in [2.24, 2.45) is 0 Å². The van der Waals surface area contributed by atoms with Crippen LogP contribution in [0.25, 0.3) is 11.1 Å². The quantitative estimate of drug-likeness (QED) is 0.787. The molecule has 1 aromatic carbocycles. The smallest absolute Gasteiger partial charge is 0.407 e. The second kappa shape index (κ2) is 7.29. The number of rotatable bonds is 5. The van der Waals surface area contributed by atoms with Crippen molar-refractivity contribution >= 4 is 29.2 Å². The number of fused-ring (bicyclic) bond motifs is 1. The number of hydrogen-bond acceptors (Lipinski definition) is 7. The summed E-state index contributed by atoms with van der Waals surface area (Å²) >= 11 is 0. The van der Waals surface area contributed by atoms with E-state index >= 15 is 0 Å². The molecule has 0 spiro atoms. The van der Waals surface area contributed by atoms with Gasteiger partial charge in [-0.2, -0.15) is 4.98 Å². The predicted molar refractivity (Wildman–Crippen MR) is 87.8 cm³/mol. The third-order valence-corrected chi connectivity index (χ3v) is 4.04. The van der Waals surface area contributed by atoms with E-state index in [0.29, 0.717) is 48.8 Å². The molecule has 0 bridgehead atoms. The van der Waals surface area contributed by atoms with Crippen molar-refractivity contribution in [2.45, 2.75) is 18.9 Å². The van der Waals surface area contributed by atoms with Crippen LogP contribution in [0.3, 0.4) is 0 Å². The summed E-state index contributed by atoms with van der Waals surface area (Å²) in [5.41, 5.74) is 1.20. The normalized spacial score (nSPS) is 15.2. The van der Waals surface area contributed by atoms with Crippen molar-refractivity contribution < 1.29 is 28.6 Å². The van der Waals surface area contributed by atoms with Gasteiger partial charge in [0.05, 0.1) is 7.11 Å². The number of benzene rings is 1. The molecular weight excluding hydrogens is 330 g/mol. The third kappa shape index (κ3) is 4.11.